The third kappa shape index (κ3) is 3.21. The average Bonchev–Trinajstić information content (AvgIpc) is 2.77. The molecular weight excluding hydrogens is 198 g/mol. The van der Waals surface area contributed by atoms with E-state index >= 15 is 0 Å². The van der Waals surface area contributed by atoms with Gasteiger partial charge in [0.25, 0.3) is 0 Å². The minimum Gasteiger partial charge on any atom is -0.370 e. The van der Waals surface area contributed by atoms with E-state index in [9.17, 15) is 0 Å². The molecule has 0 bridgehead atoms. The molecule has 0 spiro atoms. The van der Waals surface area contributed by atoms with Crippen LogP contribution in [-0.4, -0.2) is 24.8 Å². The summed E-state index contributed by atoms with van der Waals surface area (Å²) in [4.78, 5) is 0. The van der Waals surface area contributed by atoms with Crippen molar-refractivity contribution in [1.82, 2.24) is 5.32 Å². The Labute approximate surface area is 100 Å². The summed E-state index contributed by atoms with van der Waals surface area (Å²) in [6.07, 6.45) is 12.6. The highest BCUT2D eigenvalue weighted by Crippen LogP contribution is 2.36. The molecule has 2 saturated carbocycles. The fourth-order valence-corrected chi connectivity index (χ4v) is 3.24. The van der Waals surface area contributed by atoms with Crippen LogP contribution in [-0.2, 0) is 4.74 Å². The van der Waals surface area contributed by atoms with E-state index in [4.69, 9.17) is 4.74 Å². The van der Waals surface area contributed by atoms with Gasteiger partial charge in [-0.3, -0.25) is 0 Å². The van der Waals surface area contributed by atoms with Crippen LogP contribution in [0.25, 0.3) is 0 Å². The molecule has 94 valence electrons. The monoisotopic (exact) mass is 225 g/mol. The van der Waals surface area contributed by atoms with Crippen LogP contribution in [0, 0.1) is 0 Å². The lowest BCUT2D eigenvalue weighted by atomic mass is 9.95. The maximum atomic E-state index is 6.48. The number of nitrogens with one attached hydrogen (secondary N) is 1. The predicted octanol–water partition coefficient (Wildman–Crippen LogP) is 3.26. The zero-order chi connectivity index (χ0) is 11.3. The van der Waals surface area contributed by atoms with Gasteiger partial charge in [-0.15, -0.1) is 0 Å². The lowest BCUT2D eigenvalue weighted by molar-refractivity contribution is -0.0999. The van der Waals surface area contributed by atoms with Gasteiger partial charge in [0, 0.05) is 6.54 Å². The van der Waals surface area contributed by atoms with Gasteiger partial charge in [0.1, 0.15) is 0 Å². The third-order valence-corrected chi connectivity index (χ3v) is 4.18. The highest BCUT2D eigenvalue weighted by Gasteiger charge is 2.36. The van der Waals surface area contributed by atoms with Crippen LogP contribution in [0.3, 0.4) is 0 Å². The maximum absolute atomic E-state index is 6.48. The van der Waals surface area contributed by atoms with Crippen LogP contribution in [0.5, 0.6) is 0 Å². The van der Waals surface area contributed by atoms with Gasteiger partial charge in [0.05, 0.1) is 11.7 Å². The van der Waals surface area contributed by atoms with Crippen LogP contribution >= 0.6 is 0 Å². The first kappa shape index (κ1) is 12.4. The molecule has 2 heteroatoms. The molecule has 1 N–H and O–H groups in total. The molecule has 0 aliphatic heterocycles. The Kier molecular flexibility index (Phi) is 4.66. The zero-order valence-corrected chi connectivity index (χ0v) is 10.8. The van der Waals surface area contributed by atoms with Crippen molar-refractivity contribution < 1.29 is 4.74 Å². The molecule has 2 aliphatic carbocycles. The molecular formula is C14H27NO. The SMILES string of the molecule is CCNCC1(OC2CCCCC2)CCCC1. The molecule has 16 heavy (non-hydrogen) atoms. The summed E-state index contributed by atoms with van der Waals surface area (Å²) in [5.74, 6) is 0. The van der Waals surface area contributed by atoms with Gasteiger partial charge >= 0.3 is 0 Å². The van der Waals surface area contributed by atoms with Gasteiger partial charge < -0.3 is 10.1 Å². The Morgan fingerprint density at radius 1 is 1.06 bits per heavy atom. The van der Waals surface area contributed by atoms with Gasteiger partial charge in [-0.1, -0.05) is 39.0 Å². The summed E-state index contributed by atoms with van der Waals surface area (Å²) < 4.78 is 6.48. The van der Waals surface area contributed by atoms with E-state index in [0.29, 0.717) is 6.10 Å². The van der Waals surface area contributed by atoms with Gasteiger partial charge in [-0.25, -0.2) is 0 Å². The van der Waals surface area contributed by atoms with Crippen molar-refractivity contribution in [3.8, 4) is 0 Å². The van der Waals surface area contributed by atoms with E-state index in [1.54, 1.807) is 0 Å². The van der Waals surface area contributed by atoms with Gasteiger partial charge in [-0.2, -0.15) is 0 Å². The smallest absolute Gasteiger partial charge is 0.0810 e. The summed E-state index contributed by atoms with van der Waals surface area (Å²) in [5, 5.41) is 3.50. The Balaban J connectivity index is 1.85. The number of rotatable bonds is 5. The first-order chi connectivity index (χ1) is 7.85. The summed E-state index contributed by atoms with van der Waals surface area (Å²) in [5.41, 5.74) is 0.192. The second-order valence-electron chi connectivity index (χ2n) is 5.55. The Hall–Kier alpha value is -0.0800. The Morgan fingerprint density at radius 3 is 2.38 bits per heavy atom. The largest absolute Gasteiger partial charge is 0.370 e. The fourth-order valence-electron chi connectivity index (χ4n) is 3.24. The fraction of sp³-hybridized carbons (Fsp3) is 1.00. The van der Waals surface area contributed by atoms with E-state index < -0.39 is 0 Å². The molecule has 0 aromatic heterocycles. The minimum atomic E-state index is 0.192. The van der Waals surface area contributed by atoms with Gasteiger partial charge in [0.15, 0.2) is 0 Å². The molecule has 0 saturated heterocycles. The molecule has 2 nitrogen and oxygen atoms in total. The van der Waals surface area contributed by atoms with E-state index in [-0.39, 0.29) is 5.60 Å². The van der Waals surface area contributed by atoms with Gasteiger partial charge in [-0.05, 0) is 32.2 Å². The summed E-state index contributed by atoms with van der Waals surface area (Å²) in [6, 6.07) is 0. The molecule has 2 fully saturated rings. The van der Waals surface area contributed by atoms with Crippen molar-refractivity contribution in [2.45, 2.75) is 76.4 Å². The normalized spacial score (nSPS) is 26.1. The highest BCUT2D eigenvalue weighted by atomic mass is 16.5. The molecule has 0 radical (unpaired) electrons. The molecule has 2 rings (SSSR count). The summed E-state index contributed by atoms with van der Waals surface area (Å²) in [6.45, 7) is 4.32. The number of ether oxygens (including phenoxy) is 1. The summed E-state index contributed by atoms with van der Waals surface area (Å²) >= 11 is 0. The average molecular weight is 225 g/mol. The van der Waals surface area contributed by atoms with Crippen LogP contribution in [0.2, 0.25) is 0 Å². The van der Waals surface area contributed by atoms with Gasteiger partial charge in [0.2, 0.25) is 0 Å². The molecule has 0 amide bonds. The Bertz CT molecular complexity index is 193. The van der Waals surface area contributed by atoms with E-state index in [1.807, 2.05) is 0 Å². The summed E-state index contributed by atoms with van der Waals surface area (Å²) in [7, 11) is 0. The molecule has 0 heterocycles. The van der Waals surface area contributed by atoms with E-state index in [0.717, 1.165) is 13.1 Å². The van der Waals surface area contributed by atoms with Crippen molar-refractivity contribution in [2.24, 2.45) is 0 Å². The number of likely N-dealkylation sites (N-methyl/N-ethyl adjacent to an activating group) is 1. The second kappa shape index (κ2) is 6.02. The molecule has 0 unspecified atom stereocenters. The van der Waals surface area contributed by atoms with Crippen molar-refractivity contribution in [3.63, 3.8) is 0 Å². The van der Waals surface area contributed by atoms with Crippen LogP contribution in [0.4, 0.5) is 0 Å². The lowest BCUT2D eigenvalue weighted by Gasteiger charge is -2.36. The van der Waals surface area contributed by atoms with Crippen molar-refractivity contribution in [2.75, 3.05) is 13.1 Å². The topological polar surface area (TPSA) is 21.3 Å². The first-order valence-electron chi connectivity index (χ1n) is 7.23. The maximum Gasteiger partial charge on any atom is 0.0810 e. The van der Waals surface area contributed by atoms with Crippen molar-refractivity contribution >= 4 is 0 Å². The van der Waals surface area contributed by atoms with E-state index in [1.165, 1.54) is 57.8 Å². The second-order valence-corrected chi connectivity index (χ2v) is 5.55. The van der Waals surface area contributed by atoms with Crippen LogP contribution in [0.15, 0.2) is 0 Å². The minimum absolute atomic E-state index is 0.192. The standard InChI is InChI=1S/C14H27NO/c1-2-15-12-14(10-6-7-11-14)16-13-8-4-3-5-9-13/h13,15H,2-12H2,1H3. The van der Waals surface area contributed by atoms with E-state index in [2.05, 4.69) is 12.2 Å². The Morgan fingerprint density at radius 2 is 1.75 bits per heavy atom. The predicted molar refractivity (Wildman–Crippen MR) is 67.7 cm³/mol. The van der Waals surface area contributed by atoms with Crippen LogP contribution < -0.4 is 5.32 Å². The molecule has 0 atom stereocenters. The quantitative estimate of drug-likeness (QED) is 0.775. The highest BCUT2D eigenvalue weighted by molar-refractivity contribution is 4.90. The molecule has 2 aliphatic rings. The van der Waals surface area contributed by atoms with Crippen molar-refractivity contribution in [1.29, 1.82) is 0 Å². The molecule has 0 aromatic rings. The number of hydrogen-bond acceptors (Lipinski definition) is 2. The third-order valence-electron chi connectivity index (χ3n) is 4.18. The molecule has 0 aromatic carbocycles. The van der Waals surface area contributed by atoms with Crippen molar-refractivity contribution in [3.05, 3.63) is 0 Å². The first-order valence-corrected chi connectivity index (χ1v) is 7.23. The lowest BCUT2D eigenvalue weighted by Crippen LogP contribution is -2.43. The van der Waals surface area contributed by atoms with Crippen LogP contribution in [0.1, 0.15) is 64.7 Å². The number of hydrogen-bond donors (Lipinski definition) is 1. The zero-order valence-electron chi connectivity index (χ0n) is 10.8.